The Morgan fingerprint density at radius 2 is 1.51 bits per heavy atom. The minimum Gasteiger partial charge on any atom is -0.495 e. The zero-order valence-electron chi connectivity index (χ0n) is 21.0. The van der Waals surface area contributed by atoms with Crippen molar-refractivity contribution in [3.8, 4) is 5.75 Å². The van der Waals surface area contributed by atoms with Gasteiger partial charge in [0.2, 0.25) is 0 Å². The van der Waals surface area contributed by atoms with Gasteiger partial charge in [-0.2, -0.15) is 0 Å². The van der Waals surface area contributed by atoms with E-state index in [9.17, 15) is 14.0 Å². The molecule has 2 amide bonds. The molecule has 0 spiro atoms. The first-order valence-corrected chi connectivity index (χ1v) is 12.7. The molecule has 2 fully saturated rings. The standard InChI is InChI=1S/C29H31FN4O3/c1-37-27-10-3-2-9-26(27)33-17-15-32(16-18-33)25-12-11-23(20-24(25)29(36)34-13-4-5-14-34)31-28(35)21-7-6-8-22(30)19-21/h2-3,6-12,19-20H,4-5,13-18H2,1H3,(H,31,35). The summed E-state index contributed by atoms with van der Waals surface area (Å²) < 4.78 is 19.1. The normalized spacial score (nSPS) is 15.6. The van der Waals surface area contributed by atoms with Gasteiger partial charge in [0.15, 0.2) is 0 Å². The maximum atomic E-state index is 13.6. The molecule has 37 heavy (non-hydrogen) atoms. The quantitative estimate of drug-likeness (QED) is 0.532. The number of rotatable bonds is 6. The highest BCUT2D eigenvalue weighted by molar-refractivity contribution is 6.06. The van der Waals surface area contributed by atoms with Crippen LogP contribution in [0, 0.1) is 5.82 Å². The van der Waals surface area contributed by atoms with Gasteiger partial charge in [-0.3, -0.25) is 9.59 Å². The summed E-state index contributed by atoms with van der Waals surface area (Å²) in [4.78, 5) is 32.7. The number of carbonyl (C=O) groups is 2. The van der Waals surface area contributed by atoms with Crippen LogP contribution < -0.4 is 19.9 Å². The van der Waals surface area contributed by atoms with Crippen molar-refractivity contribution in [3.05, 3.63) is 83.7 Å². The summed E-state index contributed by atoms with van der Waals surface area (Å²) in [6, 6.07) is 19.0. The van der Waals surface area contributed by atoms with E-state index in [4.69, 9.17) is 4.74 Å². The molecule has 1 N–H and O–H groups in total. The summed E-state index contributed by atoms with van der Waals surface area (Å²) in [5, 5.41) is 2.83. The van der Waals surface area contributed by atoms with Crippen molar-refractivity contribution in [2.75, 3.05) is 61.5 Å². The fraction of sp³-hybridized carbons (Fsp3) is 0.310. The largest absolute Gasteiger partial charge is 0.495 e. The Hall–Kier alpha value is -4.07. The summed E-state index contributed by atoms with van der Waals surface area (Å²) in [5.74, 6) is -0.0711. The molecule has 2 aliphatic heterocycles. The molecular formula is C29H31FN4O3. The second-order valence-electron chi connectivity index (χ2n) is 9.34. The average molecular weight is 503 g/mol. The van der Waals surface area contributed by atoms with Gasteiger partial charge in [-0.25, -0.2) is 4.39 Å². The number of methoxy groups -OCH3 is 1. The van der Waals surface area contributed by atoms with E-state index in [1.165, 1.54) is 18.2 Å². The van der Waals surface area contributed by atoms with E-state index in [1.807, 2.05) is 29.2 Å². The molecule has 0 atom stereocenters. The van der Waals surface area contributed by atoms with Gasteiger partial charge in [0.25, 0.3) is 11.8 Å². The van der Waals surface area contributed by atoms with Gasteiger partial charge in [-0.05, 0) is 61.4 Å². The number of benzene rings is 3. The highest BCUT2D eigenvalue weighted by Crippen LogP contribution is 2.32. The van der Waals surface area contributed by atoms with E-state index in [-0.39, 0.29) is 11.5 Å². The fourth-order valence-electron chi connectivity index (χ4n) is 5.06. The van der Waals surface area contributed by atoms with Gasteiger partial charge in [-0.15, -0.1) is 0 Å². The number of carbonyl (C=O) groups excluding carboxylic acids is 2. The Kier molecular flexibility index (Phi) is 7.25. The number of hydrogen-bond acceptors (Lipinski definition) is 5. The summed E-state index contributed by atoms with van der Waals surface area (Å²) in [6.07, 6.45) is 1.99. The number of nitrogens with one attached hydrogen (secondary N) is 1. The van der Waals surface area contributed by atoms with Crippen molar-refractivity contribution in [1.29, 1.82) is 0 Å². The smallest absolute Gasteiger partial charge is 0.256 e. The van der Waals surface area contributed by atoms with Crippen molar-refractivity contribution in [1.82, 2.24) is 4.90 Å². The molecule has 0 saturated carbocycles. The van der Waals surface area contributed by atoms with Gasteiger partial charge in [0, 0.05) is 56.2 Å². The lowest BCUT2D eigenvalue weighted by Crippen LogP contribution is -2.47. The highest BCUT2D eigenvalue weighted by Gasteiger charge is 2.27. The number of nitrogens with zero attached hydrogens (tertiary/aromatic N) is 3. The topological polar surface area (TPSA) is 65.1 Å². The molecule has 192 valence electrons. The molecule has 2 saturated heterocycles. The summed E-state index contributed by atoms with van der Waals surface area (Å²) in [7, 11) is 1.68. The summed E-state index contributed by atoms with van der Waals surface area (Å²) in [5.41, 5.74) is 3.23. The monoisotopic (exact) mass is 502 g/mol. The van der Waals surface area contributed by atoms with Crippen LogP contribution in [0.3, 0.4) is 0 Å². The van der Waals surface area contributed by atoms with E-state index in [2.05, 4.69) is 21.2 Å². The summed E-state index contributed by atoms with van der Waals surface area (Å²) in [6.45, 7) is 4.53. The van der Waals surface area contributed by atoms with E-state index >= 15 is 0 Å². The van der Waals surface area contributed by atoms with Crippen LogP contribution in [0.4, 0.5) is 21.5 Å². The van der Waals surface area contributed by atoms with Gasteiger partial charge < -0.3 is 24.8 Å². The van der Waals surface area contributed by atoms with Crippen LogP contribution in [0.25, 0.3) is 0 Å². The fourth-order valence-corrected chi connectivity index (χ4v) is 5.06. The van der Waals surface area contributed by atoms with Gasteiger partial charge in [-0.1, -0.05) is 18.2 Å². The van der Waals surface area contributed by atoms with Crippen LogP contribution in [0.15, 0.2) is 66.7 Å². The molecule has 0 unspecified atom stereocenters. The van der Waals surface area contributed by atoms with Crippen molar-refractivity contribution in [2.45, 2.75) is 12.8 Å². The Morgan fingerprint density at radius 3 is 2.22 bits per heavy atom. The highest BCUT2D eigenvalue weighted by atomic mass is 19.1. The first kappa shape index (κ1) is 24.6. The van der Waals surface area contributed by atoms with E-state index in [0.29, 0.717) is 11.3 Å². The molecule has 0 aliphatic carbocycles. The van der Waals surface area contributed by atoms with Gasteiger partial charge in [0.1, 0.15) is 11.6 Å². The third-order valence-electron chi connectivity index (χ3n) is 7.01. The number of anilines is 3. The van der Waals surface area contributed by atoms with E-state index < -0.39 is 11.7 Å². The molecule has 0 bridgehead atoms. The van der Waals surface area contributed by atoms with E-state index in [0.717, 1.165) is 69.2 Å². The average Bonchev–Trinajstić information content (AvgIpc) is 3.48. The van der Waals surface area contributed by atoms with Gasteiger partial charge >= 0.3 is 0 Å². The Morgan fingerprint density at radius 1 is 0.811 bits per heavy atom. The lowest BCUT2D eigenvalue weighted by molar-refractivity contribution is 0.0793. The van der Waals surface area contributed by atoms with Crippen molar-refractivity contribution < 1.29 is 18.7 Å². The Balaban J connectivity index is 1.38. The minimum absolute atomic E-state index is 0.0264. The summed E-state index contributed by atoms with van der Waals surface area (Å²) >= 11 is 0. The number of ether oxygens (including phenoxy) is 1. The predicted octanol–water partition coefficient (Wildman–Crippen LogP) is 4.65. The maximum absolute atomic E-state index is 13.6. The van der Waals surface area contributed by atoms with Crippen molar-refractivity contribution >= 4 is 28.9 Å². The SMILES string of the molecule is COc1ccccc1N1CCN(c2ccc(NC(=O)c3cccc(F)c3)cc2C(=O)N2CCCC2)CC1. The molecule has 2 heterocycles. The molecule has 2 aliphatic rings. The first-order valence-electron chi connectivity index (χ1n) is 12.7. The number of likely N-dealkylation sites (tertiary alicyclic amines) is 1. The zero-order valence-corrected chi connectivity index (χ0v) is 21.0. The first-order chi connectivity index (χ1) is 18.0. The molecule has 5 rings (SSSR count). The number of piperazine rings is 1. The number of hydrogen-bond donors (Lipinski definition) is 1. The second-order valence-corrected chi connectivity index (χ2v) is 9.34. The molecular weight excluding hydrogens is 471 g/mol. The van der Waals surface area contributed by atoms with Crippen LogP contribution in [-0.4, -0.2) is 63.1 Å². The van der Waals surface area contributed by atoms with Crippen LogP contribution >= 0.6 is 0 Å². The molecule has 3 aromatic carbocycles. The third kappa shape index (κ3) is 5.38. The minimum atomic E-state index is -0.472. The predicted molar refractivity (Wildman–Crippen MR) is 143 cm³/mol. The molecule has 8 heteroatoms. The van der Waals surface area contributed by atoms with Crippen LogP contribution in [0.5, 0.6) is 5.75 Å². The molecule has 0 aromatic heterocycles. The molecule has 0 radical (unpaired) electrons. The molecule has 3 aromatic rings. The maximum Gasteiger partial charge on any atom is 0.256 e. The lowest BCUT2D eigenvalue weighted by Gasteiger charge is -2.38. The van der Waals surface area contributed by atoms with E-state index in [1.54, 1.807) is 25.3 Å². The molecule has 7 nitrogen and oxygen atoms in total. The van der Waals surface area contributed by atoms with Crippen LogP contribution in [0.2, 0.25) is 0 Å². The van der Waals surface area contributed by atoms with Gasteiger partial charge in [0.05, 0.1) is 18.4 Å². The number of amides is 2. The second kappa shape index (κ2) is 10.9. The number of halogens is 1. The Bertz CT molecular complexity index is 1280. The number of para-hydroxylation sites is 2. The van der Waals surface area contributed by atoms with Crippen LogP contribution in [-0.2, 0) is 0 Å². The van der Waals surface area contributed by atoms with Crippen molar-refractivity contribution in [3.63, 3.8) is 0 Å². The van der Waals surface area contributed by atoms with Crippen molar-refractivity contribution in [2.24, 2.45) is 0 Å². The zero-order chi connectivity index (χ0) is 25.8. The van der Waals surface area contributed by atoms with Crippen LogP contribution in [0.1, 0.15) is 33.6 Å². The third-order valence-corrected chi connectivity index (χ3v) is 7.01. The lowest BCUT2D eigenvalue weighted by atomic mass is 10.1. The Labute approximate surface area is 216 Å².